The molecule has 0 bridgehead atoms. The standard InChI is InChI=1S/C18H15BrO2/c1-12(20)13-6-9-15(10-7-13)21-17-11-8-14-4-2-3-5-16(14)18(17)19/h2-12,20H,1H3/t12-/m1/s1. The molecule has 0 radical (unpaired) electrons. The summed E-state index contributed by atoms with van der Waals surface area (Å²) < 4.78 is 6.87. The Morgan fingerprint density at radius 1 is 0.952 bits per heavy atom. The monoisotopic (exact) mass is 342 g/mol. The molecule has 21 heavy (non-hydrogen) atoms. The molecule has 0 amide bonds. The molecular formula is C18H15BrO2. The number of hydrogen-bond acceptors (Lipinski definition) is 2. The van der Waals surface area contributed by atoms with Crippen LogP contribution in [0.5, 0.6) is 11.5 Å². The summed E-state index contributed by atoms with van der Waals surface area (Å²) in [4.78, 5) is 0. The Balaban J connectivity index is 1.92. The van der Waals surface area contributed by atoms with Gasteiger partial charge in [0.25, 0.3) is 0 Å². The van der Waals surface area contributed by atoms with Gasteiger partial charge in [-0.1, -0.05) is 42.5 Å². The zero-order valence-corrected chi connectivity index (χ0v) is 13.2. The van der Waals surface area contributed by atoms with E-state index < -0.39 is 6.10 Å². The van der Waals surface area contributed by atoms with Crippen molar-refractivity contribution >= 4 is 26.7 Å². The minimum atomic E-state index is -0.466. The van der Waals surface area contributed by atoms with E-state index in [2.05, 4.69) is 28.1 Å². The van der Waals surface area contributed by atoms with Crippen LogP contribution in [0.15, 0.2) is 65.1 Å². The maximum absolute atomic E-state index is 9.52. The molecule has 0 saturated carbocycles. The van der Waals surface area contributed by atoms with E-state index in [4.69, 9.17) is 4.74 Å². The summed E-state index contributed by atoms with van der Waals surface area (Å²) in [7, 11) is 0. The van der Waals surface area contributed by atoms with Gasteiger partial charge in [-0.05, 0) is 57.4 Å². The normalized spacial score (nSPS) is 12.3. The fourth-order valence-electron chi connectivity index (χ4n) is 2.23. The molecule has 0 unspecified atom stereocenters. The molecule has 3 aromatic rings. The van der Waals surface area contributed by atoms with Crippen LogP contribution in [-0.4, -0.2) is 5.11 Å². The van der Waals surface area contributed by atoms with Gasteiger partial charge in [0, 0.05) is 0 Å². The number of benzene rings is 3. The molecule has 1 N–H and O–H groups in total. The van der Waals surface area contributed by atoms with Crippen LogP contribution in [0.1, 0.15) is 18.6 Å². The topological polar surface area (TPSA) is 29.5 Å². The molecular weight excluding hydrogens is 328 g/mol. The fourth-order valence-corrected chi connectivity index (χ4v) is 2.81. The summed E-state index contributed by atoms with van der Waals surface area (Å²) in [6, 6.07) is 19.6. The van der Waals surface area contributed by atoms with E-state index >= 15 is 0 Å². The lowest BCUT2D eigenvalue weighted by molar-refractivity contribution is 0.199. The van der Waals surface area contributed by atoms with Crippen molar-refractivity contribution in [2.45, 2.75) is 13.0 Å². The van der Waals surface area contributed by atoms with Gasteiger partial charge in [0.2, 0.25) is 0 Å². The largest absolute Gasteiger partial charge is 0.456 e. The molecule has 0 aliphatic carbocycles. The van der Waals surface area contributed by atoms with E-state index in [1.807, 2.05) is 48.5 Å². The Kier molecular flexibility index (Phi) is 3.95. The van der Waals surface area contributed by atoms with Crippen molar-refractivity contribution in [1.29, 1.82) is 0 Å². The average Bonchev–Trinajstić information content (AvgIpc) is 2.51. The molecule has 0 aliphatic heterocycles. The summed E-state index contributed by atoms with van der Waals surface area (Å²) in [6.45, 7) is 1.75. The van der Waals surface area contributed by atoms with Crippen LogP contribution >= 0.6 is 15.9 Å². The third-order valence-electron chi connectivity index (χ3n) is 3.42. The van der Waals surface area contributed by atoms with Gasteiger partial charge in [0.15, 0.2) is 0 Å². The van der Waals surface area contributed by atoms with Crippen molar-refractivity contribution in [1.82, 2.24) is 0 Å². The van der Waals surface area contributed by atoms with Gasteiger partial charge in [-0.15, -0.1) is 0 Å². The van der Waals surface area contributed by atoms with Crippen molar-refractivity contribution < 1.29 is 9.84 Å². The lowest BCUT2D eigenvalue weighted by Crippen LogP contribution is -1.91. The van der Waals surface area contributed by atoms with Crippen LogP contribution < -0.4 is 4.74 Å². The Morgan fingerprint density at radius 2 is 1.67 bits per heavy atom. The van der Waals surface area contributed by atoms with Crippen molar-refractivity contribution in [3.8, 4) is 11.5 Å². The molecule has 3 aromatic carbocycles. The van der Waals surface area contributed by atoms with Crippen molar-refractivity contribution in [2.24, 2.45) is 0 Å². The predicted octanol–water partition coefficient (Wildman–Crippen LogP) is 5.45. The molecule has 2 nitrogen and oxygen atoms in total. The predicted molar refractivity (Wildman–Crippen MR) is 88.8 cm³/mol. The highest BCUT2D eigenvalue weighted by atomic mass is 79.9. The van der Waals surface area contributed by atoms with E-state index in [1.54, 1.807) is 6.92 Å². The first kappa shape index (κ1) is 14.1. The highest BCUT2D eigenvalue weighted by Crippen LogP contribution is 2.35. The summed E-state index contributed by atoms with van der Waals surface area (Å²) in [5, 5.41) is 11.8. The number of aliphatic hydroxyl groups is 1. The zero-order chi connectivity index (χ0) is 14.8. The lowest BCUT2D eigenvalue weighted by Gasteiger charge is -2.11. The number of rotatable bonds is 3. The number of ether oxygens (including phenoxy) is 1. The summed E-state index contributed by atoms with van der Waals surface area (Å²) in [5.74, 6) is 1.52. The average molecular weight is 343 g/mol. The SMILES string of the molecule is C[C@@H](O)c1ccc(Oc2ccc3ccccc3c2Br)cc1. The second-order valence-corrected chi connectivity index (χ2v) is 5.74. The summed E-state index contributed by atoms with van der Waals surface area (Å²) >= 11 is 3.61. The number of aliphatic hydroxyl groups excluding tert-OH is 1. The van der Waals surface area contributed by atoms with Gasteiger partial charge in [0.05, 0.1) is 10.6 Å². The van der Waals surface area contributed by atoms with E-state index in [0.717, 1.165) is 26.9 Å². The maximum Gasteiger partial charge on any atom is 0.142 e. The van der Waals surface area contributed by atoms with E-state index in [0.29, 0.717) is 0 Å². The Labute approximate surface area is 132 Å². The van der Waals surface area contributed by atoms with Crippen LogP contribution in [0.25, 0.3) is 10.8 Å². The van der Waals surface area contributed by atoms with E-state index in [-0.39, 0.29) is 0 Å². The van der Waals surface area contributed by atoms with Crippen LogP contribution in [0.2, 0.25) is 0 Å². The minimum Gasteiger partial charge on any atom is -0.456 e. The molecule has 0 spiro atoms. The van der Waals surface area contributed by atoms with Crippen LogP contribution in [0.3, 0.4) is 0 Å². The maximum atomic E-state index is 9.52. The molecule has 0 aromatic heterocycles. The number of hydrogen-bond donors (Lipinski definition) is 1. The number of fused-ring (bicyclic) bond motifs is 1. The Bertz CT molecular complexity index is 764. The molecule has 3 rings (SSSR count). The van der Waals surface area contributed by atoms with Crippen LogP contribution in [-0.2, 0) is 0 Å². The van der Waals surface area contributed by atoms with E-state index in [9.17, 15) is 5.11 Å². The van der Waals surface area contributed by atoms with Crippen molar-refractivity contribution in [2.75, 3.05) is 0 Å². The second-order valence-electron chi connectivity index (χ2n) is 4.95. The van der Waals surface area contributed by atoms with Crippen LogP contribution in [0, 0.1) is 0 Å². The zero-order valence-electron chi connectivity index (χ0n) is 11.6. The third-order valence-corrected chi connectivity index (χ3v) is 4.24. The molecule has 3 heteroatoms. The van der Waals surface area contributed by atoms with Gasteiger partial charge < -0.3 is 9.84 Å². The third kappa shape index (κ3) is 2.94. The number of halogens is 1. The first-order chi connectivity index (χ1) is 10.1. The van der Waals surface area contributed by atoms with Gasteiger partial charge in [0.1, 0.15) is 11.5 Å². The first-order valence-corrected chi connectivity index (χ1v) is 7.57. The Hall–Kier alpha value is -1.84. The minimum absolute atomic E-state index is 0.466. The summed E-state index contributed by atoms with van der Waals surface area (Å²) in [6.07, 6.45) is -0.466. The van der Waals surface area contributed by atoms with Crippen molar-refractivity contribution in [3.63, 3.8) is 0 Å². The molecule has 0 heterocycles. The van der Waals surface area contributed by atoms with Gasteiger partial charge in [-0.2, -0.15) is 0 Å². The van der Waals surface area contributed by atoms with Gasteiger partial charge in [-0.25, -0.2) is 0 Å². The highest BCUT2D eigenvalue weighted by Gasteiger charge is 2.07. The van der Waals surface area contributed by atoms with Crippen LogP contribution in [0.4, 0.5) is 0 Å². The molecule has 1 atom stereocenters. The summed E-state index contributed by atoms with van der Waals surface area (Å²) in [5.41, 5.74) is 0.875. The smallest absolute Gasteiger partial charge is 0.142 e. The molecule has 0 saturated heterocycles. The molecule has 0 fully saturated rings. The van der Waals surface area contributed by atoms with E-state index in [1.165, 1.54) is 5.39 Å². The second kappa shape index (κ2) is 5.88. The molecule has 106 valence electrons. The first-order valence-electron chi connectivity index (χ1n) is 6.78. The highest BCUT2D eigenvalue weighted by molar-refractivity contribution is 9.10. The van der Waals surface area contributed by atoms with Gasteiger partial charge in [-0.3, -0.25) is 0 Å². The fraction of sp³-hybridized carbons (Fsp3) is 0.111. The quantitative estimate of drug-likeness (QED) is 0.685. The lowest BCUT2D eigenvalue weighted by atomic mass is 10.1. The van der Waals surface area contributed by atoms with Gasteiger partial charge >= 0.3 is 0 Å². The van der Waals surface area contributed by atoms with Crippen molar-refractivity contribution in [3.05, 3.63) is 70.7 Å². The molecule has 0 aliphatic rings. The Morgan fingerprint density at radius 3 is 2.38 bits per heavy atom.